The fourth-order valence-electron chi connectivity index (χ4n) is 11.0. The van der Waals surface area contributed by atoms with Crippen LogP contribution in [0.25, 0.3) is 11.0 Å². The lowest BCUT2D eigenvalue weighted by atomic mass is 10.1. The van der Waals surface area contributed by atoms with Crippen molar-refractivity contribution in [3.8, 4) is 0 Å². The first kappa shape index (κ1) is 82.4. The number of aromatic amines is 1. The number of amides is 5. The lowest BCUT2D eigenvalue weighted by molar-refractivity contribution is -0.158. The molecule has 1 saturated heterocycles. The Kier molecular flexibility index (Phi) is 30.4. The number of hydrogen-bond donors (Lipinski definition) is 5. The standard InChI is InChI=1S/C71H110N12O17/c1-67(2,3)96-57(85)27-25-52(63(91)72-29-20-30-83-41-48-39-47(23-24-49(48)73-54(66(83)94)40-59(87)95-17)65(93)78(16)42-55-74-50-21-18-19-22-51(50)75-55)77-64(92)53(26-28-58(86)97-68(4,5)6)76-56(84)43-79-31-33-80(44-60(88)98-69(7,8)9)35-37-82(46-62(90)100-71(13,14)15)38-36-81(34-32-79)45-61(89)99-70(10,11)12/h18-19,21-24,39,52-54,73H,20,25-38,40-46H2,1-17H3,(H,72,91)(H,74,75)(H,76,84)(H,77,92)/t52-,53+,54+/m0/s1. The zero-order chi connectivity index (χ0) is 74.5. The lowest BCUT2D eigenvalue weighted by Gasteiger charge is -2.34. The monoisotopic (exact) mass is 1400 g/mol. The molecule has 5 N–H and O–H groups in total. The number of imidazole rings is 1. The number of aromatic nitrogens is 2. The number of nitrogens with zero attached hydrogens (tertiary/aromatic N) is 7. The van der Waals surface area contributed by atoms with Gasteiger partial charge in [-0.1, -0.05) is 12.1 Å². The van der Waals surface area contributed by atoms with Crippen LogP contribution in [0.15, 0.2) is 42.5 Å². The maximum absolute atomic E-state index is 14.8. The van der Waals surface area contributed by atoms with Gasteiger partial charge >= 0.3 is 35.8 Å². The minimum atomic E-state index is -1.45. The van der Waals surface area contributed by atoms with Gasteiger partial charge in [0.05, 0.1) is 57.3 Å². The molecule has 3 aromatic rings. The van der Waals surface area contributed by atoms with Crippen molar-refractivity contribution in [3.05, 3.63) is 59.4 Å². The van der Waals surface area contributed by atoms with Gasteiger partial charge in [0.2, 0.25) is 23.6 Å². The molecule has 3 atom stereocenters. The number of para-hydroxylation sites is 2. The van der Waals surface area contributed by atoms with Crippen LogP contribution < -0.4 is 21.3 Å². The number of methoxy groups -OCH3 is 1. The molecule has 29 heteroatoms. The molecule has 100 heavy (non-hydrogen) atoms. The average Bonchev–Trinajstić information content (AvgIpc) is 1.49. The maximum Gasteiger partial charge on any atom is 0.320 e. The first-order chi connectivity index (χ1) is 46.5. The Bertz CT molecular complexity index is 3240. The smallest absolute Gasteiger partial charge is 0.320 e. The highest BCUT2D eigenvalue weighted by Gasteiger charge is 2.35. The number of carbonyl (C=O) groups excluding carboxylic acids is 11. The molecule has 2 aliphatic rings. The van der Waals surface area contributed by atoms with Crippen molar-refractivity contribution in [2.75, 3.05) is 111 Å². The summed E-state index contributed by atoms with van der Waals surface area (Å²) in [6, 6.07) is 8.60. The third-order valence-corrected chi connectivity index (χ3v) is 15.3. The van der Waals surface area contributed by atoms with Crippen LogP contribution >= 0.6 is 0 Å². The van der Waals surface area contributed by atoms with Gasteiger partial charge in [0.15, 0.2) is 0 Å². The van der Waals surface area contributed by atoms with Gasteiger partial charge in [-0.3, -0.25) is 72.3 Å². The van der Waals surface area contributed by atoms with Crippen LogP contribution in [0.3, 0.4) is 0 Å². The average molecular weight is 1400 g/mol. The van der Waals surface area contributed by atoms with Crippen molar-refractivity contribution in [2.24, 2.45) is 0 Å². The number of rotatable bonds is 27. The van der Waals surface area contributed by atoms with Gasteiger partial charge in [0, 0.05) is 103 Å². The maximum atomic E-state index is 14.8. The van der Waals surface area contributed by atoms with E-state index in [0.29, 0.717) is 35.7 Å². The molecule has 0 bridgehead atoms. The van der Waals surface area contributed by atoms with Crippen molar-refractivity contribution in [1.29, 1.82) is 0 Å². The van der Waals surface area contributed by atoms with E-state index in [9.17, 15) is 52.7 Å². The van der Waals surface area contributed by atoms with E-state index < -0.39 is 106 Å². The first-order valence-corrected chi connectivity index (χ1v) is 34.3. The zero-order valence-corrected chi connectivity index (χ0v) is 61.9. The highest BCUT2D eigenvalue weighted by atomic mass is 16.6. The van der Waals surface area contributed by atoms with Crippen LogP contribution in [0.5, 0.6) is 0 Å². The van der Waals surface area contributed by atoms with Gasteiger partial charge in [0.1, 0.15) is 52.0 Å². The summed E-state index contributed by atoms with van der Waals surface area (Å²) in [5, 5.41) is 11.5. The van der Waals surface area contributed by atoms with Gasteiger partial charge in [-0.05, 0) is 159 Å². The third kappa shape index (κ3) is 30.7. The summed E-state index contributed by atoms with van der Waals surface area (Å²) in [6.07, 6.45) is -1.38. The first-order valence-electron chi connectivity index (χ1n) is 34.3. The summed E-state index contributed by atoms with van der Waals surface area (Å²) >= 11 is 0. The molecule has 2 aromatic carbocycles. The minimum Gasteiger partial charge on any atom is -0.469 e. The van der Waals surface area contributed by atoms with Crippen molar-refractivity contribution in [3.63, 3.8) is 0 Å². The molecule has 0 spiro atoms. The molecule has 5 amide bonds. The second kappa shape index (κ2) is 36.9. The van der Waals surface area contributed by atoms with Gasteiger partial charge in [0.25, 0.3) is 5.91 Å². The molecule has 0 unspecified atom stereocenters. The van der Waals surface area contributed by atoms with E-state index in [4.69, 9.17) is 28.4 Å². The van der Waals surface area contributed by atoms with E-state index in [-0.39, 0.29) is 136 Å². The Labute approximate surface area is 588 Å². The number of nitrogens with one attached hydrogen (secondary N) is 5. The molecule has 0 radical (unpaired) electrons. The Hall–Kier alpha value is -8.28. The van der Waals surface area contributed by atoms with E-state index in [2.05, 4.69) is 31.2 Å². The van der Waals surface area contributed by atoms with Crippen LogP contribution in [0.2, 0.25) is 0 Å². The summed E-state index contributed by atoms with van der Waals surface area (Å²) in [4.78, 5) is 170. The number of ether oxygens (including phenoxy) is 6. The minimum absolute atomic E-state index is 0.0145. The quantitative estimate of drug-likeness (QED) is 0.0399. The fourth-order valence-corrected chi connectivity index (χ4v) is 11.0. The van der Waals surface area contributed by atoms with E-state index in [1.807, 2.05) is 39.0 Å². The molecule has 1 fully saturated rings. The number of H-pyrrole nitrogens is 1. The predicted molar refractivity (Wildman–Crippen MR) is 373 cm³/mol. The predicted octanol–water partition coefficient (Wildman–Crippen LogP) is 4.49. The number of esters is 6. The molecule has 3 heterocycles. The van der Waals surface area contributed by atoms with Crippen molar-refractivity contribution in [1.82, 2.24) is 55.3 Å². The normalized spacial score (nSPS) is 16.6. The SMILES string of the molecule is COC(=O)C[C@H]1Nc2ccc(C(=O)N(C)Cc3nc4ccccc4[nH]3)cc2CN(CCCNC(=O)[C@H](CCC(=O)OC(C)(C)C)NC(=O)[C@@H](CCC(=O)OC(C)(C)C)NC(=O)CN2CCN(CC(=O)OC(C)(C)C)CCN(CC(=O)OC(C)(C)C)CCN(CC(=O)OC(C)(C)C)CC2)C1=O. The van der Waals surface area contributed by atoms with Gasteiger partial charge < -0.3 is 64.5 Å². The summed E-state index contributed by atoms with van der Waals surface area (Å²) in [6.45, 7) is 27.5. The summed E-state index contributed by atoms with van der Waals surface area (Å²) in [5.74, 6) is -5.81. The number of carbonyl (C=O) groups is 11. The molecule has 0 saturated carbocycles. The number of anilines is 1. The molecule has 556 valence electrons. The van der Waals surface area contributed by atoms with Gasteiger partial charge in [-0.2, -0.15) is 0 Å². The topological polar surface area (TPSA) is 339 Å². The Morgan fingerprint density at radius 3 is 1.49 bits per heavy atom. The van der Waals surface area contributed by atoms with Gasteiger partial charge in [-0.15, -0.1) is 0 Å². The van der Waals surface area contributed by atoms with Crippen molar-refractivity contribution in [2.45, 2.75) is 202 Å². The Morgan fingerprint density at radius 1 is 0.580 bits per heavy atom. The second-order valence-electron chi connectivity index (χ2n) is 30.4. The highest BCUT2D eigenvalue weighted by molar-refractivity contribution is 5.96. The van der Waals surface area contributed by atoms with E-state index in [1.165, 1.54) is 16.9 Å². The van der Waals surface area contributed by atoms with Crippen LogP contribution in [0, 0.1) is 0 Å². The lowest BCUT2D eigenvalue weighted by Crippen LogP contribution is -2.55. The van der Waals surface area contributed by atoms with Gasteiger partial charge in [-0.25, -0.2) is 4.98 Å². The fraction of sp³-hybridized carbons (Fsp3) is 0.662. The van der Waals surface area contributed by atoms with E-state index >= 15 is 0 Å². The van der Waals surface area contributed by atoms with E-state index in [1.54, 1.807) is 134 Å². The second-order valence-corrected chi connectivity index (χ2v) is 30.4. The van der Waals surface area contributed by atoms with Crippen molar-refractivity contribution < 1.29 is 81.2 Å². The molecular weight excluding hydrogens is 1290 g/mol. The summed E-state index contributed by atoms with van der Waals surface area (Å²) in [5.41, 5.74) is -1.10. The molecule has 5 rings (SSSR count). The molecule has 1 aromatic heterocycles. The van der Waals surface area contributed by atoms with Crippen LogP contribution in [0.4, 0.5) is 5.69 Å². The highest BCUT2D eigenvalue weighted by Crippen LogP contribution is 2.27. The molecule has 0 aliphatic carbocycles. The molecule has 29 nitrogen and oxygen atoms in total. The van der Waals surface area contributed by atoms with Crippen molar-refractivity contribution >= 4 is 82.1 Å². The summed E-state index contributed by atoms with van der Waals surface area (Å²) < 4.78 is 33.2. The number of fused-ring (bicyclic) bond motifs is 2. The van der Waals surface area contributed by atoms with Crippen LogP contribution in [0.1, 0.15) is 164 Å². The molecule has 2 aliphatic heterocycles. The largest absolute Gasteiger partial charge is 0.469 e. The Balaban J connectivity index is 1.38. The van der Waals surface area contributed by atoms with E-state index in [0.717, 1.165) is 11.0 Å². The number of hydrogen-bond acceptors (Lipinski definition) is 23. The van der Waals surface area contributed by atoms with Crippen LogP contribution in [-0.2, 0) is 89.5 Å². The summed E-state index contributed by atoms with van der Waals surface area (Å²) in [7, 11) is 2.87. The van der Waals surface area contributed by atoms with Crippen LogP contribution in [-0.4, -0.2) is 257 Å². The number of benzene rings is 2. The molecular formula is C71H110N12O17. The zero-order valence-electron chi connectivity index (χ0n) is 61.9. The Morgan fingerprint density at radius 2 is 1.03 bits per heavy atom. The third-order valence-electron chi connectivity index (χ3n) is 15.3.